The Morgan fingerprint density at radius 1 is 1.47 bits per heavy atom. The zero-order valence-corrected chi connectivity index (χ0v) is 10.5. The average Bonchev–Trinajstić information content (AvgIpc) is 2.72. The van der Waals surface area contributed by atoms with Gasteiger partial charge in [-0.2, -0.15) is 0 Å². The molecule has 1 aliphatic heterocycles. The predicted molar refractivity (Wildman–Crippen MR) is 60.9 cm³/mol. The molecule has 0 N–H and O–H groups in total. The third-order valence-corrected chi connectivity index (χ3v) is 3.26. The summed E-state index contributed by atoms with van der Waals surface area (Å²) in [7, 11) is 0. The summed E-state index contributed by atoms with van der Waals surface area (Å²) in [5.41, 5.74) is 0. The second kappa shape index (κ2) is 5.07. The summed E-state index contributed by atoms with van der Waals surface area (Å²) >= 11 is 3.42. The molecule has 0 bridgehead atoms. The summed E-state index contributed by atoms with van der Waals surface area (Å²) in [4.78, 5) is 0. The molecule has 5 heteroatoms. The molecule has 0 saturated carbocycles. The van der Waals surface area contributed by atoms with Crippen LogP contribution in [0.2, 0.25) is 0 Å². The Morgan fingerprint density at radius 2 is 2.33 bits per heavy atom. The molecule has 1 aliphatic rings. The molecule has 0 amide bonds. The van der Waals surface area contributed by atoms with Gasteiger partial charge in [-0.15, -0.1) is 10.2 Å². The lowest BCUT2D eigenvalue weighted by molar-refractivity contribution is 0.00715. The van der Waals surface area contributed by atoms with Crippen molar-refractivity contribution >= 4 is 15.9 Å². The van der Waals surface area contributed by atoms with E-state index in [1.165, 1.54) is 12.8 Å². The smallest absolute Gasteiger partial charge is 0.162 e. The summed E-state index contributed by atoms with van der Waals surface area (Å²) in [6.45, 7) is 3.87. The van der Waals surface area contributed by atoms with E-state index in [4.69, 9.17) is 4.74 Å². The van der Waals surface area contributed by atoms with Crippen LogP contribution in [0.3, 0.4) is 0 Å². The van der Waals surface area contributed by atoms with Gasteiger partial charge in [-0.3, -0.25) is 0 Å². The van der Waals surface area contributed by atoms with E-state index >= 15 is 0 Å². The lowest BCUT2D eigenvalue weighted by Crippen LogP contribution is -2.17. The van der Waals surface area contributed by atoms with Crippen LogP contribution in [0.15, 0.2) is 0 Å². The molecular formula is C10H16BrN3O. The molecule has 4 nitrogen and oxygen atoms in total. The number of rotatable bonds is 3. The molecule has 0 aliphatic carbocycles. The number of hydrogen-bond acceptors (Lipinski definition) is 3. The Kier molecular flexibility index (Phi) is 3.75. The van der Waals surface area contributed by atoms with Gasteiger partial charge in [0.25, 0.3) is 0 Å². The minimum atomic E-state index is 0.152. The van der Waals surface area contributed by atoms with Crippen molar-refractivity contribution in [2.24, 2.45) is 0 Å². The fraction of sp³-hybridized carbons (Fsp3) is 0.800. The SMILES string of the molecule is CCn1c(CBr)nnc1C1CCCCO1. The highest BCUT2D eigenvalue weighted by atomic mass is 79.9. The molecular weight excluding hydrogens is 258 g/mol. The monoisotopic (exact) mass is 273 g/mol. The number of halogens is 1. The fourth-order valence-electron chi connectivity index (χ4n) is 1.98. The van der Waals surface area contributed by atoms with Gasteiger partial charge >= 0.3 is 0 Å². The largest absolute Gasteiger partial charge is 0.370 e. The van der Waals surface area contributed by atoms with E-state index < -0.39 is 0 Å². The Bertz CT molecular complexity index is 320. The number of ether oxygens (including phenoxy) is 1. The van der Waals surface area contributed by atoms with Gasteiger partial charge in [0.15, 0.2) is 5.82 Å². The average molecular weight is 274 g/mol. The van der Waals surface area contributed by atoms with Gasteiger partial charge in [-0.1, -0.05) is 15.9 Å². The van der Waals surface area contributed by atoms with Crippen molar-refractivity contribution in [2.45, 2.75) is 44.2 Å². The van der Waals surface area contributed by atoms with Crippen molar-refractivity contribution in [1.82, 2.24) is 14.8 Å². The highest BCUT2D eigenvalue weighted by Crippen LogP contribution is 2.27. The summed E-state index contributed by atoms with van der Waals surface area (Å²) in [5, 5.41) is 9.16. The van der Waals surface area contributed by atoms with Gasteiger partial charge < -0.3 is 9.30 Å². The zero-order valence-electron chi connectivity index (χ0n) is 8.95. The van der Waals surface area contributed by atoms with Gasteiger partial charge in [0.05, 0.1) is 5.33 Å². The van der Waals surface area contributed by atoms with Crippen molar-refractivity contribution in [3.63, 3.8) is 0 Å². The topological polar surface area (TPSA) is 39.9 Å². The number of nitrogens with zero attached hydrogens (tertiary/aromatic N) is 3. The van der Waals surface area contributed by atoms with Crippen LogP contribution in [0.25, 0.3) is 0 Å². The lowest BCUT2D eigenvalue weighted by Gasteiger charge is -2.22. The molecule has 84 valence electrons. The van der Waals surface area contributed by atoms with Crippen molar-refractivity contribution in [2.75, 3.05) is 6.61 Å². The van der Waals surface area contributed by atoms with Crippen LogP contribution >= 0.6 is 15.9 Å². The summed E-state index contributed by atoms with van der Waals surface area (Å²) in [6, 6.07) is 0. The first kappa shape index (κ1) is 11.1. The van der Waals surface area contributed by atoms with Crippen LogP contribution in [0.1, 0.15) is 43.9 Å². The molecule has 1 atom stereocenters. The first-order chi connectivity index (χ1) is 7.36. The van der Waals surface area contributed by atoms with E-state index in [-0.39, 0.29) is 6.10 Å². The van der Waals surface area contributed by atoms with Gasteiger partial charge in [0.1, 0.15) is 11.9 Å². The van der Waals surface area contributed by atoms with Gasteiger partial charge in [0.2, 0.25) is 0 Å². The van der Waals surface area contributed by atoms with E-state index in [0.29, 0.717) is 0 Å². The second-order valence-electron chi connectivity index (χ2n) is 3.71. The maximum Gasteiger partial charge on any atom is 0.162 e. The van der Waals surface area contributed by atoms with Crippen molar-refractivity contribution in [3.05, 3.63) is 11.6 Å². The van der Waals surface area contributed by atoms with Crippen LogP contribution in [0.4, 0.5) is 0 Å². The molecule has 2 rings (SSSR count). The first-order valence-electron chi connectivity index (χ1n) is 5.46. The molecule has 2 heterocycles. The summed E-state index contributed by atoms with van der Waals surface area (Å²) in [5.74, 6) is 1.98. The molecule has 0 aromatic carbocycles. The zero-order chi connectivity index (χ0) is 10.7. The number of aromatic nitrogens is 3. The molecule has 15 heavy (non-hydrogen) atoms. The Balaban J connectivity index is 2.22. The van der Waals surface area contributed by atoms with Crippen molar-refractivity contribution in [1.29, 1.82) is 0 Å². The van der Waals surface area contributed by atoms with E-state index in [2.05, 4.69) is 37.6 Å². The van der Waals surface area contributed by atoms with E-state index in [1.54, 1.807) is 0 Å². The normalized spacial score (nSPS) is 21.9. The Hall–Kier alpha value is -0.420. The lowest BCUT2D eigenvalue weighted by atomic mass is 10.1. The maximum atomic E-state index is 5.73. The Morgan fingerprint density at radius 3 is 2.93 bits per heavy atom. The molecule has 1 aromatic rings. The first-order valence-corrected chi connectivity index (χ1v) is 6.58. The summed E-state index contributed by atoms with van der Waals surface area (Å²) in [6.07, 6.45) is 3.62. The van der Waals surface area contributed by atoms with E-state index in [1.807, 2.05) is 0 Å². The Labute approximate surface area is 98.2 Å². The minimum Gasteiger partial charge on any atom is -0.370 e. The highest BCUT2D eigenvalue weighted by molar-refractivity contribution is 9.08. The van der Waals surface area contributed by atoms with Gasteiger partial charge in [0, 0.05) is 13.2 Å². The molecule has 0 radical (unpaired) electrons. The molecule has 1 unspecified atom stereocenters. The van der Waals surface area contributed by atoms with Crippen LogP contribution in [-0.4, -0.2) is 21.4 Å². The fourth-order valence-corrected chi connectivity index (χ4v) is 2.39. The van der Waals surface area contributed by atoms with Crippen molar-refractivity contribution in [3.8, 4) is 0 Å². The quantitative estimate of drug-likeness (QED) is 0.795. The molecule has 1 aromatic heterocycles. The van der Waals surface area contributed by atoms with Crippen LogP contribution in [-0.2, 0) is 16.6 Å². The molecule has 1 saturated heterocycles. The standard InChI is InChI=1S/C10H16BrN3O/c1-2-14-9(7-11)12-13-10(14)8-5-3-4-6-15-8/h8H,2-7H2,1H3. The summed E-state index contributed by atoms with van der Waals surface area (Å²) < 4.78 is 7.87. The van der Waals surface area contributed by atoms with E-state index in [9.17, 15) is 0 Å². The molecule has 0 spiro atoms. The van der Waals surface area contributed by atoms with Gasteiger partial charge in [-0.25, -0.2) is 0 Å². The number of alkyl halides is 1. The third-order valence-electron chi connectivity index (χ3n) is 2.76. The van der Waals surface area contributed by atoms with Crippen LogP contribution < -0.4 is 0 Å². The predicted octanol–water partition coefficient (Wildman–Crippen LogP) is 2.43. The maximum absolute atomic E-state index is 5.73. The number of hydrogen-bond donors (Lipinski definition) is 0. The molecule has 1 fully saturated rings. The third kappa shape index (κ3) is 2.23. The second-order valence-corrected chi connectivity index (χ2v) is 4.27. The highest BCUT2D eigenvalue weighted by Gasteiger charge is 2.22. The van der Waals surface area contributed by atoms with E-state index in [0.717, 1.165) is 36.6 Å². The minimum absolute atomic E-state index is 0.152. The van der Waals surface area contributed by atoms with Crippen molar-refractivity contribution < 1.29 is 4.74 Å². The van der Waals surface area contributed by atoms with Gasteiger partial charge in [-0.05, 0) is 26.2 Å². The van der Waals surface area contributed by atoms with Crippen LogP contribution in [0.5, 0.6) is 0 Å². The van der Waals surface area contributed by atoms with Crippen LogP contribution in [0, 0.1) is 0 Å².